The number of para-hydroxylation sites is 1. The largest absolute Gasteiger partial charge is 0.326 e. The average Bonchev–Trinajstić information content (AvgIpc) is 2.43. The van der Waals surface area contributed by atoms with Crippen LogP contribution in [0.15, 0.2) is 51.4 Å². The molecule has 0 bridgehead atoms. The van der Waals surface area contributed by atoms with Gasteiger partial charge in [-0.25, -0.2) is 0 Å². The highest BCUT2D eigenvalue weighted by Crippen LogP contribution is 2.30. The molecule has 2 rings (SSSR count). The van der Waals surface area contributed by atoms with Crippen molar-refractivity contribution < 1.29 is 4.79 Å². The zero-order valence-electron chi connectivity index (χ0n) is 9.99. The molecule has 19 heavy (non-hydrogen) atoms. The van der Waals surface area contributed by atoms with Crippen molar-refractivity contribution in [1.82, 2.24) is 0 Å². The lowest BCUT2D eigenvalue weighted by Crippen LogP contribution is -2.12. The van der Waals surface area contributed by atoms with Gasteiger partial charge in [0.2, 0.25) is 0 Å². The summed E-state index contributed by atoms with van der Waals surface area (Å²) < 4.78 is 1.66. The second kappa shape index (κ2) is 6.32. The number of carbonyl (C=O) groups excluding carboxylic acids is 1. The molecule has 0 saturated heterocycles. The predicted molar refractivity (Wildman–Crippen MR) is 84.1 cm³/mol. The molecule has 0 aliphatic rings. The number of rotatable bonds is 3. The van der Waals surface area contributed by atoms with Crippen LogP contribution < -0.4 is 11.1 Å². The fourth-order valence-electron chi connectivity index (χ4n) is 1.60. The smallest absolute Gasteiger partial charge is 0.255 e. The number of nitrogens with one attached hydrogen (secondary N) is 1. The summed E-state index contributed by atoms with van der Waals surface area (Å²) in [4.78, 5) is 12.1. The number of halogens is 2. The minimum absolute atomic E-state index is 0.156. The van der Waals surface area contributed by atoms with Crippen LogP contribution in [0.25, 0.3) is 0 Å². The summed E-state index contributed by atoms with van der Waals surface area (Å²) in [5, 5.41) is 2.87. The van der Waals surface area contributed by atoms with Crippen LogP contribution in [0.2, 0.25) is 0 Å². The van der Waals surface area contributed by atoms with Crippen LogP contribution in [-0.4, -0.2) is 5.91 Å². The minimum atomic E-state index is -0.156. The molecular formula is C14H12Br2N2O. The van der Waals surface area contributed by atoms with Crippen molar-refractivity contribution in [3.63, 3.8) is 0 Å². The first-order valence-corrected chi connectivity index (χ1v) is 7.25. The quantitative estimate of drug-likeness (QED) is 0.843. The van der Waals surface area contributed by atoms with Gasteiger partial charge in [0.25, 0.3) is 5.91 Å². The maximum absolute atomic E-state index is 12.1. The van der Waals surface area contributed by atoms with E-state index in [1.54, 1.807) is 12.1 Å². The van der Waals surface area contributed by atoms with Gasteiger partial charge >= 0.3 is 0 Å². The molecule has 2 aromatic carbocycles. The Morgan fingerprint density at radius 2 is 1.63 bits per heavy atom. The van der Waals surface area contributed by atoms with Gasteiger partial charge in [0, 0.05) is 21.1 Å². The number of hydrogen-bond acceptors (Lipinski definition) is 2. The molecule has 1 amide bonds. The van der Waals surface area contributed by atoms with E-state index >= 15 is 0 Å². The second-order valence-electron chi connectivity index (χ2n) is 3.95. The summed E-state index contributed by atoms with van der Waals surface area (Å²) in [6.45, 7) is 0.470. The highest BCUT2D eigenvalue weighted by molar-refractivity contribution is 9.11. The average molecular weight is 384 g/mol. The Kier molecular flexibility index (Phi) is 4.74. The van der Waals surface area contributed by atoms with Crippen LogP contribution in [0.5, 0.6) is 0 Å². The molecule has 3 N–H and O–H groups in total. The van der Waals surface area contributed by atoms with Gasteiger partial charge in [-0.2, -0.15) is 0 Å². The summed E-state index contributed by atoms with van der Waals surface area (Å²) in [6, 6.07) is 12.9. The van der Waals surface area contributed by atoms with Crippen molar-refractivity contribution in [3.05, 3.63) is 62.5 Å². The van der Waals surface area contributed by atoms with E-state index in [1.807, 2.05) is 30.3 Å². The van der Waals surface area contributed by atoms with E-state index in [9.17, 15) is 4.79 Å². The molecule has 98 valence electrons. The third-order valence-electron chi connectivity index (χ3n) is 2.65. The van der Waals surface area contributed by atoms with E-state index in [0.29, 0.717) is 12.1 Å². The van der Waals surface area contributed by atoms with Crippen LogP contribution in [0, 0.1) is 0 Å². The monoisotopic (exact) mass is 382 g/mol. The highest BCUT2D eigenvalue weighted by atomic mass is 79.9. The van der Waals surface area contributed by atoms with Crippen molar-refractivity contribution in [2.75, 3.05) is 5.32 Å². The summed E-state index contributed by atoms with van der Waals surface area (Å²) in [6.07, 6.45) is 0. The van der Waals surface area contributed by atoms with Gasteiger partial charge in [0.05, 0.1) is 5.69 Å². The van der Waals surface area contributed by atoms with E-state index in [2.05, 4.69) is 37.2 Å². The summed E-state index contributed by atoms with van der Waals surface area (Å²) >= 11 is 6.82. The van der Waals surface area contributed by atoms with E-state index in [4.69, 9.17) is 5.73 Å². The standard InChI is InChI=1S/C14H12Br2N2O/c15-11-2-1-3-12(16)13(11)18-14(19)10-6-4-9(8-17)5-7-10/h1-7H,8,17H2,(H,18,19). The van der Waals surface area contributed by atoms with Crippen molar-refractivity contribution >= 4 is 43.5 Å². The van der Waals surface area contributed by atoms with Gasteiger partial charge in [-0.1, -0.05) is 18.2 Å². The first-order valence-electron chi connectivity index (χ1n) is 5.66. The maximum atomic E-state index is 12.1. The molecule has 5 heteroatoms. The Morgan fingerprint density at radius 1 is 1.05 bits per heavy atom. The number of benzene rings is 2. The minimum Gasteiger partial charge on any atom is -0.326 e. The molecule has 0 fully saturated rings. The van der Waals surface area contributed by atoms with Gasteiger partial charge < -0.3 is 11.1 Å². The number of nitrogens with two attached hydrogens (primary N) is 1. The topological polar surface area (TPSA) is 55.1 Å². The van der Waals surface area contributed by atoms with Crippen LogP contribution in [-0.2, 0) is 6.54 Å². The Morgan fingerprint density at radius 3 is 2.16 bits per heavy atom. The van der Waals surface area contributed by atoms with Gasteiger partial charge in [-0.15, -0.1) is 0 Å². The molecule has 0 aromatic heterocycles. The van der Waals surface area contributed by atoms with Crippen molar-refractivity contribution in [1.29, 1.82) is 0 Å². The van der Waals surface area contributed by atoms with Crippen LogP contribution >= 0.6 is 31.9 Å². The fourth-order valence-corrected chi connectivity index (χ4v) is 2.79. The van der Waals surface area contributed by atoms with E-state index in [1.165, 1.54) is 0 Å². The third-order valence-corrected chi connectivity index (χ3v) is 3.97. The van der Waals surface area contributed by atoms with Crippen molar-refractivity contribution in [2.24, 2.45) is 5.73 Å². The molecule has 2 aromatic rings. The first kappa shape index (κ1) is 14.2. The zero-order valence-corrected chi connectivity index (χ0v) is 13.2. The molecule has 0 spiro atoms. The molecule has 0 unspecified atom stereocenters. The number of hydrogen-bond donors (Lipinski definition) is 2. The fraction of sp³-hybridized carbons (Fsp3) is 0.0714. The van der Waals surface area contributed by atoms with E-state index in [-0.39, 0.29) is 5.91 Å². The molecule has 0 saturated carbocycles. The van der Waals surface area contributed by atoms with E-state index < -0.39 is 0 Å². The zero-order chi connectivity index (χ0) is 13.8. The second-order valence-corrected chi connectivity index (χ2v) is 5.66. The summed E-state index contributed by atoms with van der Waals surface area (Å²) in [5.41, 5.74) is 7.84. The molecule has 0 aliphatic carbocycles. The Balaban J connectivity index is 2.20. The SMILES string of the molecule is NCc1ccc(C(=O)Nc2c(Br)cccc2Br)cc1. The third kappa shape index (κ3) is 3.43. The molecule has 0 radical (unpaired) electrons. The molecule has 0 heterocycles. The van der Waals surface area contributed by atoms with Gasteiger partial charge in [-0.05, 0) is 61.7 Å². The van der Waals surface area contributed by atoms with Gasteiger partial charge in [-0.3, -0.25) is 4.79 Å². The number of anilines is 1. The Hall–Kier alpha value is -1.17. The Bertz CT molecular complexity index is 577. The van der Waals surface area contributed by atoms with Crippen LogP contribution in [0.4, 0.5) is 5.69 Å². The van der Waals surface area contributed by atoms with Crippen molar-refractivity contribution in [2.45, 2.75) is 6.54 Å². The lowest BCUT2D eigenvalue weighted by molar-refractivity contribution is 0.102. The first-order chi connectivity index (χ1) is 9.11. The molecule has 3 nitrogen and oxygen atoms in total. The van der Waals surface area contributed by atoms with Gasteiger partial charge in [0.1, 0.15) is 0 Å². The molecular weight excluding hydrogens is 372 g/mol. The van der Waals surface area contributed by atoms with Crippen LogP contribution in [0.1, 0.15) is 15.9 Å². The van der Waals surface area contributed by atoms with Crippen molar-refractivity contribution in [3.8, 4) is 0 Å². The number of carbonyl (C=O) groups is 1. The lowest BCUT2D eigenvalue weighted by atomic mass is 10.1. The molecule has 0 atom stereocenters. The van der Waals surface area contributed by atoms with Gasteiger partial charge in [0.15, 0.2) is 0 Å². The maximum Gasteiger partial charge on any atom is 0.255 e. The molecule has 0 aliphatic heterocycles. The number of amides is 1. The summed E-state index contributed by atoms with van der Waals surface area (Å²) in [5.74, 6) is -0.156. The van der Waals surface area contributed by atoms with Crippen LogP contribution in [0.3, 0.4) is 0 Å². The van der Waals surface area contributed by atoms with E-state index in [0.717, 1.165) is 20.2 Å². The lowest BCUT2D eigenvalue weighted by Gasteiger charge is -2.09. The predicted octanol–water partition coefficient (Wildman–Crippen LogP) is 3.92. The highest BCUT2D eigenvalue weighted by Gasteiger charge is 2.10. The summed E-state index contributed by atoms with van der Waals surface area (Å²) in [7, 11) is 0. The Labute approximate surface area is 128 Å². The normalized spacial score (nSPS) is 10.3.